The summed E-state index contributed by atoms with van der Waals surface area (Å²) in [6, 6.07) is 5.77. The quantitative estimate of drug-likeness (QED) is 0.401. The zero-order chi connectivity index (χ0) is 26.9. The van der Waals surface area contributed by atoms with Crippen molar-refractivity contribution in [3.63, 3.8) is 0 Å². The molecule has 1 unspecified atom stereocenters. The molecule has 2 atom stereocenters. The third kappa shape index (κ3) is 5.77. The number of hydrogen-bond donors (Lipinski definition) is 2. The first-order valence-corrected chi connectivity index (χ1v) is 14.3. The molecule has 1 amide bonds. The number of anilines is 1. The van der Waals surface area contributed by atoms with Crippen molar-refractivity contribution < 1.29 is 22.7 Å². The molecule has 2 N–H and O–H groups in total. The van der Waals surface area contributed by atoms with Crippen molar-refractivity contribution in [3.05, 3.63) is 29.7 Å². The molecule has 200 valence electrons. The molecule has 14 heteroatoms. The van der Waals surface area contributed by atoms with Crippen molar-refractivity contribution in [2.75, 3.05) is 43.8 Å². The van der Waals surface area contributed by atoms with E-state index in [2.05, 4.69) is 41.4 Å². The highest BCUT2D eigenvalue weighted by Crippen LogP contribution is 2.38. The Morgan fingerprint density at radius 2 is 2.05 bits per heavy atom. The van der Waals surface area contributed by atoms with Crippen LogP contribution in [0.3, 0.4) is 0 Å². The maximum atomic E-state index is 12.3. The average Bonchev–Trinajstić information content (AvgIpc) is 3.57. The number of carbonyl (C=O) groups is 1. The lowest BCUT2D eigenvalue weighted by atomic mass is 9.92. The predicted octanol–water partition coefficient (Wildman–Crippen LogP) is 1.41. The predicted molar refractivity (Wildman–Crippen MR) is 137 cm³/mol. The lowest BCUT2D eigenvalue weighted by molar-refractivity contribution is 0.0956. The fourth-order valence-electron chi connectivity index (χ4n) is 4.51. The molecule has 0 aromatic carbocycles. The zero-order valence-electron chi connectivity index (χ0n) is 21.0. The van der Waals surface area contributed by atoms with Crippen molar-refractivity contribution >= 4 is 32.6 Å². The van der Waals surface area contributed by atoms with Crippen LogP contribution in [0.5, 0.6) is 11.8 Å². The molecule has 2 aliphatic rings. The van der Waals surface area contributed by atoms with Crippen LogP contribution in [0, 0.1) is 23.2 Å². The lowest BCUT2D eigenvalue weighted by Gasteiger charge is -2.32. The molecule has 0 bridgehead atoms. The second-order valence-corrected chi connectivity index (χ2v) is 11.7. The summed E-state index contributed by atoms with van der Waals surface area (Å²) < 4.78 is 34.1. The number of fused-ring (bicyclic) bond motifs is 1. The third-order valence-electron chi connectivity index (χ3n) is 6.73. The molecule has 2 fully saturated rings. The Labute approximate surface area is 219 Å². The Balaban J connectivity index is 1.29. The van der Waals surface area contributed by atoms with Gasteiger partial charge in [0.25, 0.3) is 5.91 Å². The number of aromatic nitrogens is 5. The number of sulfone groups is 1. The molecule has 1 saturated heterocycles. The normalized spacial score (nSPS) is 19.7. The monoisotopic (exact) mass is 540 g/mol. The van der Waals surface area contributed by atoms with Crippen LogP contribution >= 0.6 is 0 Å². The van der Waals surface area contributed by atoms with E-state index in [0.717, 1.165) is 36.6 Å². The van der Waals surface area contributed by atoms with E-state index in [-0.39, 0.29) is 35.4 Å². The number of hydrogen-bond acceptors (Lipinski definition) is 11. The van der Waals surface area contributed by atoms with Gasteiger partial charge in [0, 0.05) is 49.7 Å². The summed E-state index contributed by atoms with van der Waals surface area (Å²) >= 11 is 0. The smallest absolute Gasteiger partial charge is 0.319 e. The highest BCUT2D eigenvalue weighted by molar-refractivity contribution is 7.90. The van der Waals surface area contributed by atoms with E-state index in [1.165, 1.54) is 6.20 Å². The standard InChI is InChI=1S/C24H28N8O5S/c1-26-23(33)19-9-20(29-24(28-19)36-12-16-7-15(16)10-25)32-5-3-14(4-6-32)21-18-8-17(37-13-38(2,34)35)11-27-22(18)31-30-21/h8-9,11,14-16H,3-7,12-13H2,1-2H3,(H,26,33)(H,27,30,31)/t15?,16-/m1/s1. The molecule has 4 heterocycles. The molecule has 13 nitrogen and oxygen atoms in total. The minimum Gasteiger partial charge on any atom is -0.476 e. The van der Waals surface area contributed by atoms with E-state index in [1.807, 2.05) is 0 Å². The van der Waals surface area contributed by atoms with Crippen LogP contribution in [0.1, 0.15) is 41.4 Å². The number of nitrogens with one attached hydrogen (secondary N) is 2. The van der Waals surface area contributed by atoms with Crippen LogP contribution < -0.4 is 19.7 Å². The molecule has 0 spiro atoms. The van der Waals surface area contributed by atoms with Crippen LogP contribution in [-0.4, -0.2) is 78.4 Å². The number of rotatable bonds is 9. The number of ether oxygens (including phenoxy) is 2. The van der Waals surface area contributed by atoms with Crippen LogP contribution in [0.2, 0.25) is 0 Å². The minimum absolute atomic E-state index is 0.00580. The van der Waals surface area contributed by atoms with Gasteiger partial charge in [-0.2, -0.15) is 20.3 Å². The number of piperidine rings is 1. The zero-order valence-corrected chi connectivity index (χ0v) is 21.9. The number of nitriles is 1. The van der Waals surface area contributed by atoms with E-state index in [0.29, 0.717) is 36.9 Å². The van der Waals surface area contributed by atoms with E-state index >= 15 is 0 Å². The molecular weight excluding hydrogens is 512 g/mol. The Hall–Kier alpha value is -3.99. The highest BCUT2D eigenvalue weighted by atomic mass is 32.2. The van der Waals surface area contributed by atoms with Gasteiger partial charge in [0.15, 0.2) is 21.4 Å². The van der Waals surface area contributed by atoms with E-state index in [4.69, 9.17) is 14.7 Å². The summed E-state index contributed by atoms with van der Waals surface area (Å²) in [7, 11) is -1.74. The number of H-pyrrole nitrogens is 1. The maximum absolute atomic E-state index is 12.3. The Morgan fingerprint density at radius 1 is 1.26 bits per heavy atom. The first-order chi connectivity index (χ1) is 18.2. The van der Waals surface area contributed by atoms with Crippen LogP contribution in [-0.2, 0) is 9.84 Å². The van der Waals surface area contributed by atoms with Crippen molar-refractivity contribution in [1.29, 1.82) is 5.26 Å². The number of pyridine rings is 1. The van der Waals surface area contributed by atoms with Crippen LogP contribution in [0.4, 0.5) is 5.82 Å². The van der Waals surface area contributed by atoms with E-state index in [1.54, 1.807) is 19.2 Å². The van der Waals surface area contributed by atoms with Gasteiger partial charge in [-0.3, -0.25) is 9.89 Å². The summed E-state index contributed by atoms with van der Waals surface area (Å²) in [6.45, 7) is 1.67. The van der Waals surface area contributed by atoms with Gasteiger partial charge in [-0.05, 0) is 25.3 Å². The summed E-state index contributed by atoms with van der Waals surface area (Å²) in [4.78, 5) is 27.5. The molecule has 3 aromatic rings. The Bertz CT molecular complexity index is 1490. The van der Waals surface area contributed by atoms with Gasteiger partial charge in [-0.1, -0.05) is 0 Å². The maximum Gasteiger partial charge on any atom is 0.319 e. The van der Waals surface area contributed by atoms with Crippen LogP contribution in [0.15, 0.2) is 18.3 Å². The van der Waals surface area contributed by atoms with Crippen LogP contribution in [0.25, 0.3) is 11.0 Å². The Kier molecular flexibility index (Phi) is 7.02. The molecule has 3 aromatic heterocycles. The van der Waals surface area contributed by atoms with E-state index in [9.17, 15) is 13.2 Å². The second kappa shape index (κ2) is 10.4. The summed E-state index contributed by atoms with van der Waals surface area (Å²) in [5.41, 5.74) is 1.68. The fourth-order valence-corrected chi connectivity index (χ4v) is 4.86. The highest BCUT2D eigenvalue weighted by Gasteiger charge is 2.38. The summed E-state index contributed by atoms with van der Waals surface area (Å²) in [6.07, 6.45) is 4.93. The van der Waals surface area contributed by atoms with Gasteiger partial charge in [-0.25, -0.2) is 13.4 Å². The molecular formula is C24H28N8O5S. The van der Waals surface area contributed by atoms with E-state index < -0.39 is 15.8 Å². The molecule has 5 rings (SSSR count). The summed E-state index contributed by atoms with van der Waals surface area (Å²) in [5, 5.41) is 19.8. The second-order valence-electron chi connectivity index (χ2n) is 9.64. The van der Waals surface area contributed by atoms with Gasteiger partial charge in [0.2, 0.25) is 0 Å². The van der Waals surface area contributed by atoms with Crippen molar-refractivity contribution in [1.82, 2.24) is 30.5 Å². The first kappa shape index (κ1) is 25.7. The van der Waals surface area contributed by atoms with Crippen molar-refractivity contribution in [2.45, 2.75) is 25.2 Å². The number of carbonyl (C=O) groups excluding carboxylic acids is 1. The topological polar surface area (TPSA) is 176 Å². The van der Waals surface area contributed by atoms with Crippen molar-refractivity contribution in [3.8, 4) is 17.8 Å². The van der Waals surface area contributed by atoms with Gasteiger partial charge in [0.05, 0.1) is 30.5 Å². The molecule has 1 aliphatic carbocycles. The first-order valence-electron chi connectivity index (χ1n) is 12.3. The average molecular weight is 541 g/mol. The number of amides is 1. The largest absolute Gasteiger partial charge is 0.476 e. The summed E-state index contributed by atoms with van der Waals surface area (Å²) in [5.74, 6) is 0.525. The lowest BCUT2D eigenvalue weighted by Crippen LogP contribution is -2.34. The molecule has 1 saturated carbocycles. The van der Waals surface area contributed by atoms with Gasteiger partial charge < -0.3 is 19.7 Å². The molecule has 1 aliphatic heterocycles. The molecule has 38 heavy (non-hydrogen) atoms. The molecule has 0 radical (unpaired) electrons. The number of nitrogens with zero attached hydrogens (tertiary/aromatic N) is 6. The number of aromatic amines is 1. The van der Waals surface area contributed by atoms with Gasteiger partial charge in [-0.15, -0.1) is 0 Å². The Morgan fingerprint density at radius 3 is 2.74 bits per heavy atom. The van der Waals surface area contributed by atoms with Crippen molar-refractivity contribution in [2.24, 2.45) is 11.8 Å². The SMILES string of the molecule is CNC(=O)c1cc(N2CCC(c3n[nH]c4ncc(OCS(C)(=O)=O)cc34)CC2)nc(OC[C@H]2CC2C#N)n1. The van der Waals surface area contributed by atoms with Gasteiger partial charge >= 0.3 is 6.01 Å². The minimum atomic E-state index is -3.28. The third-order valence-corrected chi connectivity index (χ3v) is 7.28. The van der Waals surface area contributed by atoms with Gasteiger partial charge in [0.1, 0.15) is 17.3 Å². The fraction of sp³-hybridized carbons (Fsp3) is 0.500.